The topological polar surface area (TPSA) is 127 Å². The predicted octanol–water partition coefficient (Wildman–Crippen LogP) is 3.34. The first kappa shape index (κ1) is 27.8. The minimum atomic E-state index is -4.56. The molecule has 4 rings (SSSR count). The van der Waals surface area contributed by atoms with Crippen molar-refractivity contribution in [1.29, 1.82) is 0 Å². The van der Waals surface area contributed by atoms with Gasteiger partial charge in [0.1, 0.15) is 12.0 Å². The fourth-order valence-corrected chi connectivity index (χ4v) is 5.28. The van der Waals surface area contributed by atoms with Crippen LogP contribution in [-0.2, 0) is 6.18 Å². The molecule has 1 aliphatic heterocycles. The maximum Gasteiger partial charge on any atom is 0.417 e. The van der Waals surface area contributed by atoms with E-state index in [-0.39, 0.29) is 35.2 Å². The van der Waals surface area contributed by atoms with Crippen molar-refractivity contribution in [2.24, 2.45) is 16.8 Å². The van der Waals surface area contributed by atoms with Crippen molar-refractivity contribution < 1.29 is 22.4 Å². The zero-order valence-electron chi connectivity index (χ0n) is 21.1. The van der Waals surface area contributed by atoms with E-state index < -0.39 is 29.9 Å². The van der Waals surface area contributed by atoms with Gasteiger partial charge in [-0.05, 0) is 37.8 Å². The molecule has 1 aromatic carbocycles. The zero-order chi connectivity index (χ0) is 27.3. The average Bonchev–Trinajstić information content (AvgIpc) is 3.66. The van der Waals surface area contributed by atoms with Crippen molar-refractivity contribution in [3.63, 3.8) is 0 Å². The maximum absolute atomic E-state index is 13.8. The molecule has 0 spiro atoms. The van der Waals surface area contributed by atoms with Crippen LogP contribution in [0, 0.1) is 0 Å². The Morgan fingerprint density at radius 3 is 2.58 bits per heavy atom. The lowest BCUT2D eigenvalue weighted by molar-refractivity contribution is -0.137. The number of carbonyl (C=O) groups is 1. The number of benzene rings is 1. The van der Waals surface area contributed by atoms with Gasteiger partial charge in [0.05, 0.1) is 17.3 Å². The summed E-state index contributed by atoms with van der Waals surface area (Å²) in [5, 5.41) is 11.0. The number of amidine groups is 1. The number of hydrazone groups is 1. The summed E-state index contributed by atoms with van der Waals surface area (Å²) in [7, 11) is 0. The molecule has 2 aromatic rings. The monoisotopic (exact) mass is 538 g/mol. The second kappa shape index (κ2) is 12.1. The lowest BCUT2D eigenvalue weighted by Crippen LogP contribution is -2.43. The minimum Gasteiger partial charge on any atom is -0.347 e. The zero-order valence-corrected chi connectivity index (χ0v) is 21.1. The molecule has 13 heteroatoms. The fourth-order valence-electron chi connectivity index (χ4n) is 5.28. The van der Waals surface area contributed by atoms with E-state index in [2.05, 4.69) is 20.9 Å². The second-order valence-electron chi connectivity index (χ2n) is 9.91. The van der Waals surface area contributed by atoms with Crippen molar-refractivity contribution in [1.82, 2.24) is 25.4 Å². The first-order valence-corrected chi connectivity index (χ1v) is 12.9. The van der Waals surface area contributed by atoms with Crippen LogP contribution in [0.25, 0.3) is 11.3 Å². The third-order valence-corrected chi connectivity index (χ3v) is 7.25. The first-order chi connectivity index (χ1) is 18.2. The molecule has 1 saturated heterocycles. The van der Waals surface area contributed by atoms with Crippen LogP contribution >= 0.6 is 0 Å². The molecule has 0 radical (unpaired) electrons. The third kappa shape index (κ3) is 6.62. The van der Waals surface area contributed by atoms with E-state index >= 15 is 0 Å². The van der Waals surface area contributed by atoms with E-state index in [4.69, 9.17) is 11.7 Å². The predicted molar refractivity (Wildman–Crippen MR) is 136 cm³/mol. The summed E-state index contributed by atoms with van der Waals surface area (Å²) in [4.78, 5) is 15.3. The van der Waals surface area contributed by atoms with Crippen LogP contribution in [0.2, 0.25) is 0 Å². The number of hydrogen-bond acceptors (Lipinski definition) is 6. The summed E-state index contributed by atoms with van der Waals surface area (Å²) in [5.74, 6) is 10.6. The highest BCUT2D eigenvalue weighted by Crippen LogP contribution is 2.40. The van der Waals surface area contributed by atoms with E-state index in [9.17, 15) is 22.4 Å². The van der Waals surface area contributed by atoms with Gasteiger partial charge in [0.25, 0.3) is 5.91 Å². The number of nitrogens with zero attached hydrogens (tertiary/aromatic N) is 4. The van der Waals surface area contributed by atoms with Crippen LogP contribution in [0.5, 0.6) is 0 Å². The van der Waals surface area contributed by atoms with Crippen LogP contribution in [0.1, 0.15) is 67.0 Å². The van der Waals surface area contributed by atoms with Crippen molar-refractivity contribution in [3.8, 4) is 11.3 Å². The number of alkyl halides is 4. The van der Waals surface area contributed by atoms with E-state index in [1.807, 2.05) is 4.90 Å². The molecule has 2 aliphatic rings. The Morgan fingerprint density at radius 1 is 1.21 bits per heavy atom. The SMILES string of the molecule is N/N=C(/CC(CCN1CCC(F)C1)NC(=O)c1cc(-c2ccccc2C(F)(F)F)n(C2CCCC2)n1)NN. The summed E-state index contributed by atoms with van der Waals surface area (Å²) in [6.07, 6.45) is -0.866. The molecule has 1 aromatic heterocycles. The number of amides is 1. The molecule has 2 heterocycles. The van der Waals surface area contributed by atoms with Gasteiger partial charge in [-0.25, -0.2) is 10.2 Å². The highest BCUT2D eigenvalue weighted by molar-refractivity contribution is 5.94. The molecule has 1 amide bonds. The van der Waals surface area contributed by atoms with E-state index in [0.29, 0.717) is 32.5 Å². The standard InChI is InChI=1S/C25H34F4N8O/c26-16-9-11-36(15-16)12-10-17(13-23(33-30)34-31)32-24(38)21-14-22(37(35-21)18-5-1-2-6-18)19-7-3-4-8-20(19)25(27,28)29/h3-4,7-8,14,16-18H,1-2,5-6,9-13,15,30-31H2,(H,32,38)(H,33,34). The summed E-state index contributed by atoms with van der Waals surface area (Å²) in [5.41, 5.74) is 1.87. The summed E-state index contributed by atoms with van der Waals surface area (Å²) >= 11 is 0. The molecule has 1 saturated carbocycles. The van der Waals surface area contributed by atoms with E-state index in [0.717, 1.165) is 31.7 Å². The van der Waals surface area contributed by atoms with Gasteiger partial charge in [0, 0.05) is 37.7 Å². The Hall–Kier alpha value is -3.19. The molecule has 1 aliphatic carbocycles. The van der Waals surface area contributed by atoms with Crippen LogP contribution in [0.3, 0.4) is 0 Å². The number of hydrazine groups is 1. The Morgan fingerprint density at radius 2 is 1.95 bits per heavy atom. The Bertz CT molecular complexity index is 1130. The van der Waals surface area contributed by atoms with Crippen LogP contribution in [0.15, 0.2) is 35.4 Å². The van der Waals surface area contributed by atoms with Gasteiger partial charge in [-0.2, -0.15) is 23.4 Å². The number of aromatic nitrogens is 2. The van der Waals surface area contributed by atoms with Gasteiger partial charge in [-0.15, -0.1) is 0 Å². The van der Waals surface area contributed by atoms with Gasteiger partial charge >= 0.3 is 6.18 Å². The summed E-state index contributed by atoms with van der Waals surface area (Å²) < 4.78 is 56.7. The molecule has 2 unspecified atom stereocenters. The van der Waals surface area contributed by atoms with Gasteiger partial charge in [0.2, 0.25) is 0 Å². The van der Waals surface area contributed by atoms with Gasteiger partial charge in [-0.1, -0.05) is 31.0 Å². The van der Waals surface area contributed by atoms with Crippen molar-refractivity contribution in [2.75, 3.05) is 19.6 Å². The summed E-state index contributed by atoms with van der Waals surface area (Å²) in [6, 6.07) is 6.18. The van der Waals surface area contributed by atoms with E-state index in [1.54, 1.807) is 10.7 Å². The lowest BCUT2D eigenvalue weighted by atomic mass is 10.0. The van der Waals surface area contributed by atoms with Crippen LogP contribution < -0.4 is 22.4 Å². The normalized spacial score (nSPS) is 20.1. The van der Waals surface area contributed by atoms with E-state index in [1.165, 1.54) is 18.2 Å². The van der Waals surface area contributed by atoms with Crippen molar-refractivity contribution in [2.45, 2.75) is 69.4 Å². The molecule has 9 nitrogen and oxygen atoms in total. The number of nitrogens with one attached hydrogen (secondary N) is 2. The minimum absolute atomic E-state index is 0.0188. The first-order valence-electron chi connectivity index (χ1n) is 12.9. The molecule has 38 heavy (non-hydrogen) atoms. The van der Waals surface area contributed by atoms with Crippen LogP contribution in [-0.4, -0.2) is 58.3 Å². The number of hydrogen-bond donors (Lipinski definition) is 4. The highest BCUT2D eigenvalue weighted by Gasteiger charge is 2.35. The molecule has 2 fully saturated rings. The average molecular weight is 539 g/mol. The van der Waals surface area contributed by atoms with Crippen LogP contribution in [0.4, 0.5) is 17.6 Å². The quantitative estimate of drug-likeness (QED) is 0.128. The lowest BCUT2D eigenvalue weighted by Gasteiger charge is -2.22. The second-order valence-corrected chi connectivity index (χ2v) is 9.91. The highest BCUT2D eigenvalue weighted by atomic mass is 19.4. The Labute approximate surface area is 218 Å². The van der Waals surface area contributed by atoms with Crippen molar-refractivity contribution >= 4 is 11.7 Å². The molecule has 0 bridgehead atoms. The number of nitrogens with two attached hydrogens (primary N) is 2. The molecule has 208 valence electrons. The number of carbonyl (C=O) groups excluding carboxylic acids is 1. The number of likely N-dealkylation sites (tertiary alicyclic amines) is 1. The smallest absolute Gasteiger partial charge is 0.347 e. The molecule has 6 N–H and O–H groups in total. The fraction of sp³-hybridized carbons (Fsp3) is 0.560. The molecular weight excluding hydrogens is 504 g/mol. The number of halogens is 4. The number of rotatable bonds is 9. The Kier molecular flexibility index (Phi) is 8.87. The van der Waals surface area contributed by atoms with Gasteiger partial charge in [-0.3, -0.25) is 9.48 Å². The molecule has 2 atom stereocenters. The third-order valence-electron chi connectivity index (χ3n) is 7.25. The Balaban J connectivity index is 1.60. The van der Waals surface area contributed by atoms with Gasteiger partial charge in [0.15, 0.2) is 5.69 Å². The largest absolute Gasteiger partial charge is 0.417 e. The maximum atomic E-state index is 13.8. The summed E-state index contributed by atoms with van der Waals surface area (Å²) in [6.45, 7) is 1.50. The molecular formula is C25H34F4N8O. The van der Waals surface area contributed by atoms with Crippen molar-refractivity contribution in [3.05, 3.63) is 41.6 Å². The van der Waals surface area contributed by atoms with Gasteiger partial charge < -0.3 is 21.5 Å².